The fourth-order valence-electron chi connectivity index (χ4n) is 3.34. The number of hydrogen-bond acceptors (Lipinski definition) is 3. The van der Waals surface area contributed by atoms with Crippen molar-refractivity contribution in [1.29, 1.82) is 0 Å². The fourth-order valence-corrected chi connectivity index (χ4v) is 4.18. The molecule has 20 heavy (non-hydrogen) atoms. The van der Waals surface area contributed by atoms with E-state index < -0.39 is 5.97 Å². The third-order valence-electron chi connectivity index (χ3n) is 5.07. The molecule has 1 aromatic rings. The summed E-state index contributed by atoms with van der Waals surface area (Å²) < 4.78 is 0. The zero-order valence-electron chi connectivity index (χ0n) is 12.8. The second kappa shape index (κ2) is 5.86. The molecule has 1 saturated carbocycles. The normalized spacial score (nSPS) is 29.3. The van der Waals surface area contributed by atoms with Crippen LogP contribution >= 0.6 is 11.3 Å². The van der Waals surface area contributed by atoms with Crippen LogP contribution in [0, 0.1) is 24.2 Å². The maximum absolute atomic E-state index is 11.4. The minimum absolute atomic E-state index is 0.160. The standard InChI is InChI=1S/C16H25NO2S/c1-10-5-6-12(20-10)9-17-14-8-7-13(15(18)19)16(3,4)11(14)2/h5-6,11,13-14,17H,7-9H2,1-4H3,(H,18,19). The summed E-state index contributed by atoms with van der Waals surface area (Å²) in [5.74, 6) is -0.507. The minimum atomic E-state index is -0.644. The summed E-state index contributed by atoms with van der Waals surface area (Å²) in [6.45, 7) is 9.39. The van der Waals surface area contributed by atoms with Crippen molar-refractivity contribution < 1.29 is 9.90 Å². The average molecular weight is 295 g/mol. The summed E-state index contributed by atoms with van der Waals surface area (Å²) in [6.07, 6.45) is 1.72. The van der Waals surface area contributed by atoms with Crippen LogP contribution in [-0.2, 0) is 11.3 Å². The van der Waals surface area contributed by atoms with Crippen molar-refractivity contribution in [1.82, 2.24) is 5.32 Å². The van der Waals surface area contributed by atoms with Crippen molar-refractivity contribution in [2.45, 2.75) is 53.1 Å². The Morgan fingerprint density at radius 2 is 2.15 bits per heavy atom. The molecule has 0 amide bonds. The van der Waals surface area contributed by atoms with Crippen molar-refractivity contribution in [2.24, 2.45) is 17.3 Å². The molecular weight excluding hydrogens is 270 g/mol. The van der Waals surface area contributed by atoms with Gasteiger partial charge < -0.3 is 10.4 Å². The summed E-state index contributed by atoms with van der Waals surface area (Å²) in [4.78, 5) is 14.1. The molecule has 0 bridgehead atoms. The third-order valence-corrected chi connectivity index (χ3v) is 6.07. The highest BCUT2D eigenvalue weighted by molar-refractivity contribution is 7.11. The van der Waals surface area contributed by atoms with Gasteiger partial charge in [-0.15, -0.1) is 11.3 Å². The first-order valence-electron chi connectivity index (χ1n) is 7.34. The first-order valence-corrected chi connectivity index (χ1v) is 8.15. The van der Waals surface area contributed by atoms with Crippen LogP contribution in [0.15, 0.2) is 12.1 Å². The smallest absolute Gasteiger partial charge is 0.307 e. The fraction of sp³-hybridized carbons (Fsp3) is 0.688. The van der Waals surface area contributed by atoms with Gasteiger partial charge in [-0.2, -0.15) is 0 Å². The lowest BCUT2D eigenvalue weighted by Gasteiger charge is -2.46. The van der Waals surface area contributed by atoms with Gasteiger partial charge in [0.1, 0.15) is 0 Å². The summed E-state index contributed by atoms with van der Waals surface area (Å²) in [5, 5.41) is 13.0. The van der Waals surface area contributed by atoms with Crippen molar-refractivity contribution in [3.05, 3.63) is 21.9 Å². The Bertz CT molecular complexity index is 481. The maximum atomic E-state index is 11.4. The quantitative estimate of drug-likeness (QED) is 0.891. The van der Waals surface area contributed by atoms with E-state index in [2.05, 4.69) is 45.1 Å². The molecule has 1 aliphatic rings. The van der Waals surface area contributed by atoms with Gasteiger partial charge in [0.2, 0.25) is 0 Å². The van der Waals surface area contributed by atoms with Crippen molar-refractivity contribution in [3.8, 4) is 0 Å². The molecule has 1 aliphatic carbocycles. The van der Waals surface area contributed by atoms with Crippen LogP contribution in [0.2, 0.25) is 0 Å². The molecule has 1 fully saturated rings. The minimum Gasteiger partial charge on any atom is -0.481 e. The van der Waals surface area contributed by atoms with E-state index in [4.69, 9.17) is 0 Å². The van der Waals surface area contributed by atoms with E-state index in [9.17, 15) is 9.90 Å². The summed E-state index contributed by atoms with van der Waals surface area (Å²) in [6, 6.07) is 4.73. The van der Waals surface area contributed by atoms with Gasteiger partial charge in [-0.3, -0.25) is 4.79 Å². The van der Waals surface area contributed by atoms with E-state index in [1.54, 1.807) is 0 Å². The summed E-state index contributed by atoms with van der Waals surface area (Å²) in [5.41, 5.74) is -0.160. The number of aliphatic carboxylic acids is 1. The number of thiophene rings is 1. The van der Waals surface area contributed by atoms with Gasteiger partial charge in [-0.25, -0.2) is 0 Å². The van der Waals surface area contributed by atoms with Gasteiger partial charge in [-0.05, 0) is 43.2 Å². The Kier molecular flexibility index (Phi) is 4.55. The predicted octanol–water partition coefficient (Wildman–Crippen LogP) is 3.67. The third kappa shape index (κ3) is 3.07. The number of nitrogens with one attached hydrogen (secondary N) is 1. The zero-order chi connectivity index (χ0) is 14.9. The molecular formula is C16H25NO2S. The van der Waals surface area contributed by atoms with Gasteiger partial charge in [0.25, 0.3) is 0 Å². The molecule has 2 rings (SSSR count). The largest absolute Gasteiger partial charge is 0.481 e. The van der Waals surface area contributed by atoms with Crippen LogP contribution in [0.1, 0.15) is 43.4 Å². The number of carboxylic acid groups (broad SMARTS) is 1. The second-order valence-corrected chi connectivity index (χ2v) is 7.95. The van der Waals surface area contributed by atoms with Crippen LogP contribution in [0.4, 0.5) is 0 Å². The number of hydrogen-bond donors (Lipinski definition) is 2. The number of carbonyl (C=O) groups is 1. The zero-order valence-corrected chi connectivity index (χ0v) is 13.6. The monoisotopic (exact) mass is 295 g/mol. The molecule has 1 heterocycles. The van der Waals surface area contributed by atoms with Gasteiger partial charge >= 0.3 is 5.97 Å². The van der Waals surface area contributed by atoms with E-state index in [-0.39, 0.29) is 11.3 Å². The lowest BCUT2D eigenvalue weighted by Crippen LogP contribution is -2.50. The molecule has 3 nitrogen and oxygen atoms in total. The van der Waals surface area contributed by atoms with Gasteiger partial charge in [0.15, 0.2) is 0 Å². The maximum Gasteiger partial charge on any atom is 0.307 e. The number of carboxylic acids is 1. The molecule has 0 radical (unpaired) electrons. The molecule has 1 aromatic heterocycles. The highest BCUT2D eigenvalue weighted by Crippen LogP contribution is 2.45. The van der Waals surface area contributed by atoms with Gasteiger partial charge in [-0.1, -0.05) is 20.8 Å². The Morgan fingerprint density at radius 3 is 2.70 bits per heavy atom. The highest BCUT2D eigenvalue weighted by Gasteiger charge is 2.45. The number of rotatable bonds is 4. The molecule has 3 atom stereocenters. The first kappa shape index (κ1) is 15.5. The van der Waals surface area contributed by atoms with Crippen molar-refractivity contribution in [3.63, 3.8) is 0 Å². The molecule has 0 spiro atoms. The Balaban J connectivity index is 1.99. The second-order valence-electron chi connectivity index (χ2n) is 6.58. The number of aryl methyl sites for hydroxylation is 1. The topological polar surface area (TPSA) is 49.3 Å². The lowest BCUT2D eigenvalue weighted by atomic mass is 9.61. The van der Waals surface area contributed by atoms with E-state index in [1.807, 2.05) is 11.3 Å². The van der Waals surface area contributed by atoms with Gasteiger partial charge in [0, 0.05) is 22.3 Å². The van der Waals surface area contributed by atoms with E-state index >= 15 is 0 Å². The van der Waals surface area contributed by atoms with E-state index in [0.717, 1.165) is 19.4 Å². The molecule has 0 aliphatic heterocycles. The molecule has 0 aromatic carbocycles. The Hall–Kier alpha value is -0.870. The van der Waals surface area contributed by atoms with Crippen LogP contribution < -0.4 is 5.32 Å². The highest BCUT2D eigenvalue weighted by atomic mass is 32.1. The van der Waals surface area contributed by atoms with Crippen LogP contribution in [-0.4, -0.2) is 17.1 Å². The molecule has 112 valence electrons. The van der Waals surface area contributed by atoms with Crippen LogP contribution in [0.25, 0.3) is 0 Å². The molecule has 0 saturated heterocycles. The van der Waals surface area contributed by atoms with Crippen LogP contribution in [0.3, 0.4) is 0 Å². The Labute approximate surface area is 125 Å². The Morgan fingerprint density at radius 1 is 1.45 bits per heavy atom. The van der Waals surface area contributed by atoms with Crippen molar-refractivity contribution in [2.75, 3.05) is 0 Å². The van der Waals surface area contributed by atoms with E-state index in [1.165, 1.54) is 9.75 Å². The van der Waals surface area contributed by atoms with E-state index in [0.29, 0.717) is 12.0 Å². The van der Waals surface area contributed by atoms with Crippen molar-refractivity contribution >= 4 is 17.3 Å². The summed E-state index contributed by atoms with van der Waals surface area (Å²) >= 11 is 1.83. The summed E-state index contributed by atoms with van der Waals surface area (Å²) in [7, 11) is 0. The SMILES string of the molecule is Cc1ccc(CNC2CCC(C(=O)O)C(C)(C)C2C)s1. The molecule has 4 heteroatoms. The molecule has 3 unspecified atom stereocenters. The average Bonchev–Trinajstić information content (AvgIpc) is 2.76. The van der Waals surface area contributed by atoms with Gasteiger partial charge in [0.05, 0.1) is 5.92 Å². The molecule has 2 N–H and O–H groups in total. The first-order chi connectivity index (χ1) is 9.32. The lowest BCUT2D eigenvalue weighted by molar-refractivity contribution is -0.150. The predicted molar refractivity (Wildman–Crippen MR) is 83.0 cm³/mol. The van der Waals surface area contributed by atoms with Crippen LogP contribution in [0.5, 0.6) is 0 Å².